The van der Waals surface area contributed by atoms with Crippen molar-refractivity contribution < 1.29 is 73.2 Å². The smallest absolute Gasteiger partial charge is 0.245 e. The molecular weight excluding hydrogens is 1270 g/mol. The van der Waals surface area contributed by atoms with Crippen molar-refractivity contribution in [1.82, 2.24) is 58.2 Å². The summed E-state index contributed by atoms with van der Waals surface area (Å²) in [5, 5.41) is 67.3. The maximum Gasteiger partial charge on any atom is 0.245 e. The van der Waals surface area contributed by atoms with Crippen LogP contribution in [0.2, 0.25) is 0 Å². The van der Waals surface area contributed by atoms with Gasteiger partial charge in [-0.2, -0.15) is 0 Å². The molecule has 34 heteroatoms. The molecule has 1 aromatic heterocycles. The number of hydrogen-bond acceptors (Lipinski definition) is 20. The van der Waals surface area contributed by atoms with Gasteiger partial charge in [0.1, 0.15) is 65.9 Å². The van der Waals surface area contributed by atoms with Crippen molar-refractivity contribution in [2.24, 2.45) is 39.6 Å². The lowest BCUT2D eigenvalue weighted by Gasteiger charge is -2.29. The number of fused-ring (bicyclic) bond motifs is 1. The fourth-order valence-corrected chi connectivity index (χ4v) is 12.0. The van der Waals surface area contributed by atoms with Crippen LogP contribution in [0.1, 0.15) is 69.1 Å². The number of nitrogens with two attached hydrogens (primary N) is 5. The Hall–Kier alpha value is -9.22. The van der Waals surface area contributed by atoms with Crippen LogP contribution in [0.25, 0.3) is 10.9 Å². The molecule has 3 aromatic carbocycles. The molecule has 1 aliphatic rings. The highest BCUT2D eigenvalue weighted by Gasteiger charge is 2.36. The summed E-state index contributed by atoms with van der Waals surface area (Å²) in [6.45, 7) is 1.06. The number of phenols is 2. The third-order valence-corrected chi connectivity index (χ3v) is 17.5. The van der Waals surface area contributed by atoms with E-state index < -0.39 is 157 Å². The Labute approximate surface area is 555 Å². The van der Waals surface area contributed by atoms with Crippen LogP contribution in [0.15, 0.2) is 84.0 Å². The van der Waals surface area contributed by atoms with Gasteiger partial charge in [0.2, 0.25) is 65.0 Å². The number of aliphatic imine (C=N–C) groups is 1. The lowest BCUT2D eigenvalue weighted by atomic mass is 10.00. The predicted octanol–water partition coefficient (Wildman–Crippen LogP) is -4.49. The topological polar surface area (TPSA) is 547 Å². The summed E-state index contributed by atoms with van der Waals surface area (Å²) < 4.78 is 0. The third kappa shape index (κ3) is 25.2. The fourth-order valence-electron chi connectivity index (χ4n) is 9.67. The average molecular weight is 1360 g/mol. The van der Waals surface area contributed by atoms with Gasteiger partial charge in [0, 0.05) is 67.4 Å². The number of amides is 11. The first-order valence-electron chi connectivity index (χ1n) is 30.7. The second-order valence-corrected chi connectivity index (χ2v) is 25.4. The molecule has 2 heterocycles. The van der Waals surface area contributed by atoms with Crippen LogP contribution in [0.3, 0.4) is 0 Å². The number of guanidine groups is 1. The first kappa shape index (κ1) is 76.5. The molecule has 11 amide bonds. The standard InChI is InChI=1S/C61H87N17O15S2/c1-32(2)50-60(93)74-43(25-34-14-18-37(82)19-15-34)54(87)71-41(11-7-22-68-61(65)66)53(86)67-23-20-49(83)70-45(28-79)57(90)73-44(26-35-27-69-40-10-4-3-8-38(35)40)56(89)75-46(29-80)58(91)76-47(51(64)84)30-94-95-31-48(59(92)78-50)77-55(88)42(24-33-12-16-36(81)17-13-33)72-52(85)39(63)9-5-6-21-62/h3-4,8,10,12-19,27,32,39,41-48,50,69,79-82H,5-7,9,11,20-26,28-31,62-63H2,1-2H3,(H2,64,84)(H,67,86)(H,70,83)(H,71,87)(H,72,85)(H,73,90)(H,74,93)(H,75,89)(H,76,91)(H,77,88)(H,78,92)(H4,65,66,68)/t39-,41-,42-,43-,44-,45-,46-,47-,48-,50-/m0/s1. The molecule has 4 aromatic rings. The Morgan fingerprint density at radius 2 is 1.22 bits per heavy atom. The van der Waals surface area contributed by atoms with E-state index in [0.717, 1.165) is 21.6 Å². The van der Waals surface area contributed by atoms with Crippen LogP contribution in [0.5, 0.6) is 11.5 Å². The molecule has 32 nitrogen and oxygen atoms in total. The van der Waals surface area contributed by atoms with Gasteiger partial charge in [0.25, 0.3) is 0 Å². The van der Waals surface area contributed by atoms with Gasteiger partial charge in [-0.3, -0.25) is 57.7 Å². The fraction of sp³-hybridized carbons (Fsp3) is 0.475. The Balaban J connectivity index is 1.55. The molecule has 518 valence electrons. The number of unbranched alkanes of at least 4 members (excludes halogenated alkanes) is 1. The monoisotopic (exact) mass is 1360 g/mol. The highest BCUT2D eigenvalue weighted by atomic mass is 33.1. The van der Waals surface area contributed by atoms with Crippen molar-refractivity contribution in [2.75, 3.05) is 44.4 Å². The number of primary amides is 1. The number of aromatic nitrogens is 1. The van der Waals surface area contributed by atoms with Gasteiger partial charge in [-0.05, 0) is 85.2 Å². The molecule has 1 fully saturated rings. The molecule has 1 aliphatic heterocycles. The van der Waals surface area contributed by atoms with Crippen LogP contribution in [-0.4, -0.2) is 201 Å². The summed E-state index contributed by atoms with van der Waals surface area (Å²) in [5.74, 6) is -12.3. The number of nitrogens with one attached hydrogen (secondary N) is 11. The van der Waals surface area contributed by atoms with E-state index >= 15 is 0 Å². The minimum atomic E-state index is -1.78. The van der Waals surface area contributed by atoms with E-state index in [1.807, 2.05) is 0 Å². The van der Waals surface area contributed by atoms with Crippen molar-refractivity contribution in [1.29, 1.82) is 0 Å². The van der Waals surface area contributed by atoms with Crippen molar-refractivity contribution in [3.05, 3.63) is 95.7 Å². The van der Waals surface area contributed by atoms with Crippen molar-refractivity contribution in [2.45, 2.75) is 132 Å². The van der Waals surface area contributed by atoms with Gasteiger partial charge in [-0.1, -0.05) is 84.3 Å². The number of hydrogen-bond donors (Lipinski definition) is 20. The Morgan fingerprint density at radius 3 is 1.85 bits per heavy atom. The summed E-state index contributed by atoms with van der Waals surface area (Å²) in [5.41, 5.74) is 30.8. The lowest BCUT2D eigenvalue weighted by Crippen LogP contribution is -2.61. The van der Waals surface area contributed by atoms with Gasteiger partial charge >= 0.3 is 0 Å². The van der Waals surface area contributed by atoms with Crippen LogP contribution in [0.4, 0.5) is 0 Å². The molecule has 0 unspecified atom stereocenters. The lowest BCUT2D eigenvalue weighted by molar-refractivity contribution is -0.135. The number of carbonyl (C=O) groups is 11. The van der Waals surface area contributed by atoms with Crippen LogP contribution >= 0.6 is 21.6 Å². The number of phenolic OH excluding ortho intramolecular Hbond substituents is 2. The second kappa shape index (κ2) is 38.8. The zero-order valence-corrected chi connectivity index (χ0v) is 54.2. The summed E-state index contributed by atoms with van der Waals surface area (Å²) >= 11 is 0. The van der Waals surface area contributed by atoms with Gasteiger partial charge in [-0.25, -0.2) is 0 Å². The number of H-pyrrole nitrogens is 1. The molecule has 0 bridgehead atoms. The van der Waals surface area contributed by atoms with Crippen molar-refractivity contribution in [3.8, 4) is 11.5 Å². The van der Waals surface area contributed by atoms with Gasteiger partial charge in [0.05, 0.1) is 19.3 Å². The maximum absolute atomic E-state index is 14.8. The first-order chi connectivity index (χ1) is 45.3. The first-order valence-corrected chi connectivity index (χ1v) is 33.2. The molecule has 10 atom stereocenters. The molecule has 1 saturated heterocycles. The minimum Gasteiger partial charge on any atom is -0.508 e. The summed E-state index contributed by atoms with van der Waals surface area (Å²) in [7, 11) is 1.76. The zero-order valence-electron chi connectivity index (χ0n) is 52.6. The molecule has 25 N–H and O–H groups in total. The van der Waals surface area contributed by atoms with Gasteiger partial charge < -0.3 is 107 Å². The summed E-state index contributed by atoms with van der Waals surface area (Å²) in [4.78, 5) is 162. The molecular formula is C61H87N17O15S2. The van der Waals surface area contributed by atoms with Crippen molar-refractivity contribution in [3.63, 3.8) is 0 Å². The van der Waals surface area contributed by atoms with Crippen molar-refractivity contribution >= 4 is 103 Å². The second-order valence-electron chi connectivity index (χ2n) is 22.8. The van der Waals surface area contributed by atoms with Crippen LogP contribution < -0.4 is 81.8 Å². The zero-order chi connectivity index (χ0) is 69.7. The average Bonchev–Trinajstić information content (AvgIpc) is 1.75. The SMILES string of the molecule is CC(C)[C@@H]1NC(=O)[C@@H](NC(=O)[C@H](Cc2ccc(O)cc2)NC(=O)[C@@H](N)CCCCN)CSSC[C@@H](C(N)=O)NC(=O)[C@H](CO)NC(=O)[C@H](Cc2c[nH]c3ccccc23)NC(=O)[C@H](CO)NC(=O)CCNC(=O)[C@H](CCCN=C(N)N)NC(=O)[C@H](Cc2ccc(O)cc2)NC1=O. The summed E-state index contributed by atoms with van der Waals surface area (Å²) in [6, 6.07) is 3.34. The molecule has 0 saturated carbocycles. The molecule has 0 spiro atoms. The Morgan fingerprint density at radius 1 is 0.642 bits per heavy atom. The van der Waals surface area contributed by atoms with E-state index in [9.17, 15) is 73.2 Å². The number of aromatic hydroxyl groups is 2. The van der Waals surface area contributed by atoms with E-state index in [1.165, 1.54) is 48.5 Å². The highest BCUT2D eigenvalue weighted by Crippen LogP contribution is 2.25. The number of nitrogens with zero attached hydrogens (tertiary/aromatic N) is 1. The number of rotatable bonds is 22. The quantitative estimate of drug-likeness (QED) is 0.0153. The largest absolute Gasteiger partial charge is 0.508 e. The van der Waals surface area contributed by atoms with Crippen LogP contribution in [0, 0.1) is 5.92 Å². The molecule has 5 rings (SSSR count). The van der Waals surface area contributed by atoms with Gasteiger partial charge in [0.15, 0.2) is 5.96 Å². The van der Waals surface area contributed by atoms with E-state index in [-0.39, 0.29) is 74.0 Å². The number of benzene rings is 3. The normalized spacial score (nSPS) is 22.0. The minimum absolute atomic E-state index is 0.00409. The number of aliphatic hydroxyl groups is 2. The number of carbonyl (C=O) groups excluding carboxylic acids is 11. The summed E-state index contributed by atoms with van der Waals surface area (Å²) in [6.07, 6.45) is 1.66. The molecule has 95 heavy (non-hydrogen) atoms. The Kier molecular flexibility index (Phi) is 31.3. The predicted molar refractivity (Wildman–Crippen MR) is 355 cm³/mol. The van der Waals surface area contributed by atoms with E-state index in [4.69, 9.17) is 28.7 Å². The Bertz CT molecular complexity index is 3300. The third-order valence-electron chi connectivity index (χ3n) is 15.0. The maximum atomic E-state index is 14.8. The number of para-hydroxylation sites is 1. The molecule has 0 radical (unpaired) electrons. The van der Waals surface area contributed by atoms with E-state index in [2.05, 4.69) is 63.1 Å². The molecule has 0 aliphatic carbocycles. The van der Waals surface area contributed by atoms with E-state index in [0.29, 0.717) is 47.0 Å². The van der Waals surface area contributed by atoms with Gasteiger partial charge in [-0.15, -0.1) is 0 Å². The number of aromatic amines is 1. The highest BCUT2D eigenvalue weighted by molar-refractivity contribution is 8.76. The van der Waals surface area contributed by atoms with Crippen LogP contribution in [-0.2, 0) is 72.0 Å². The van der Waals surface area contributed by atoms with E-state index in [1.54, 1.807) is 44.3 Å². The number of aliphatic hydroxyl groups excluding tert-OH is 2.